The number of hydrogen-bond donors (Lipinski definition) is 2. The molecule has 0 atom stereocenters. The van der Waals surface area contributed by atoms with Gasteiger partial charge in [-0.2, -0.15) is 0 Å². The molecule has 0 saturated heterocycles. The van der Waals surface area contributed by atoms with Gasteiger partial charge in [-0.15, -0.1) is 5.75 Å². The Balaban J connectivity index is 0.000000433. The Morgan fingerprint density at radius 2 is 1.00 bits per heavy atom. The molecule has 0 fully saturated rings. The van der Waals surface area contributed by atoms with Crippen LogP contribution in [-0.4, -0.2) is 32.4 Å². The molecule has 0 saturated carbocycles. The van der Waals surface area contributed by atoms with Gasteiger partial charge in [0.2, 0.25) is 0 Å². The molecule has 0 aliphatic rings. The van der Waals surface area contributed by atoms with Crippen LogP contribution < -0.4 is 59.9 Å². The third kappa shape index (κ3) is 21.9. The molecule has 0 aliphatic carbocycles. The van der Waals surface area contributed by atoms with Crippen LogP contribution in [0.3, 0.4) is 0 Å². The average molecular weight is 917 g/mol. The van der Waals surface area contributed by atoms with E-state index in [4.69, 9.17) is 43.3 Å². The molecule has 0 unspecified atom stereocenters. The summed E-state index contributed by atoms with van der Waals surface area (Å²) in [6.07, 6.45) is 0. The molecular formula is C47H63N2NaO11P2. The quantitative estimate of drug-likeness (QED) is 0.0353. The Hall–Kier alpha value is -4.13. The van der Waals surface area contributed by atoms with Crippen LogP contribution in [-0.2, 0) is 32.6 Å². The van der Waals surface area contributed by atoms with Crippen molar-refractivity contribution in [2.45, 2.75) is 81.6 Å². The van der Waals surface area contributed by atoms with E-state index in [-0.39, 0.29) is 67.1 Å². The largest absolute Gasteiger partial charge is 1.00 e. The molecule has 0 spiro atoms. The van der Waals surface area contributed by atoms with E-state index in [0.717, 1.165) is 27.8 Å². The van der Waals surface area contributed by atoms with E-state index in [1.807, 2.05) is 76.2 Å². The number of aryl methyl sites for hydroxylation is 4. The summed E-state index contributed by atoms with van der Waals surface area (Å²) in [5.74, 6) is 1.17. The minimum absolute atomic E-state index is 0. The zero-order chi connectivity index (χ0) is 46.5. The Bertz CT molecular complexity index is 2210. The minimum atomic E-state index is -3.56. The monoisotopic (exact) mass is 916 g/mol. The number of anilines is 2. The average Bonchev–Trinajstić information content (AvgIpc) is 3.15. The van der Waals surface area contributed by atoms with Gasteiger partial charge in [0.25, 0.3) is 0 Å². The number of benzene rings is 5. The maximum Gasteiger partial charge on any atom is 1.00 e. The normalized spacial score (nSPS) is 10.9. The fourth-order valence-corrected chi connectivity index (χ4v) is 7.70. The van der Waals surface area contributed by atoms with Crippen LogP contribution in [0.1, 0.15) is 86.6 Å². The molecule has 0 radical (unpaired) electrons. The molecule has 338 valence electrons. The summed E-state index contributed by atoms with van der Waals surface area (Å²) < 4.78 is 61.1. The van der Waals surface area contributed by atoms with Crippen LogP contribution in [0.15, 0.2) is 109 Å². The summed E-state index contributed by atoms with van der Waals surface area (Å²) in [7, 11) is -7.02. The van der Waals surface area contributed by atoms with Crippen LogP contribution in [0.4, 0.5) is 11.4 Å². The van der Waals surface area contributed by atoms with Gasteiger partial charge < -0.3 is 30.4 Å². The predicted octanol–water partition coefficient (Wildman–Crippen LogP) is 8.86. The second-order valence-corrected chi connectivity index (χ2v) is 17.9. The van der Waals surface area contributed by atoms with Crippen molar-refractivity contribution in [1.82, 2.24) is 0 Å². The van der Waals surface area contributed by atoms with E-state index in [1.165, 1.54) is 12.1 Å². The van der Waals surface area contributed by atoms with Gasteiger partial charge in [0, 0.05) is 16.9 Å². The van der Waals surface area contributed by atoms with Crippen molar-refractivity contribution in [2.24, 2.45) is 0 Å². The number of ether oxygens (including phenoxy) is 1. The number of carbonyl (C=O) groups is 1. The Labute approximate surface area is 396 Å². The summed E-state index contributed by atoms with van der Waals surface area (Å²) in [5, 5.41) is 10.5. The van der Waals surface area contributed by atoms with Crippen molar-refractivity contribution >= 4 is 33.0 Å². The molecule has 5 aromatic carbocycles. The molecule has 5 rings (SSSR count). The van der Waals surface area contributed by atoms with Crippen molar-refractivity contribution in [1.29, 1.82) is 0 Å². The first-order valence-corrected chi connectivity index (χ1v) is 23.1. The smallest absolute Gasteiger partial charge is 0.872 e. The Morgan fingerprint density at radius 3 is 1.43 bits per heavy atom. The first-order chi connectivity index (χ1) is 29.1. The Morgan fingerprint density at radius 1 is 0.571 bits per heavy atom. The summed E-state index contributed by atoms with van der Waals surface area (Å²) in [6, 6.07) is 31.9. The molecule has 0 aliphatic heterocycles. The zero-order valence-electron chi connectivity index (χ0n) is 38.8. The van der Waals surface area contributed by atoms with Crippen molar-refractivity contribution in [3.63, 3.8) is 0 Å². The van der Waals surface area contributed by atoms with Gasteiger partial charge >= 0.3 is 51.2 Å². The minimum Gasteiger partial charge on any atom is -0.872 e. The maximum absolute atomic E-state index is 12.5. The first kappa shape index (κ1) is 56.9. The molecule has 0 heterocycles. The van der Waals surface area contributed by atoms with Gasteiger partial charge in [-0.1, -0.05) is 87.0 Å². The van der Waals surface area contributed by atoms with Gasteiger partial charge in [-0.3, -0.25) is 18.1 Å². The van der Waals surface area contributed by atoms with Crippen LogP contribution in [0, 0.1) is 27.7 Å². The van der Waals surface area contributed by atoms with E-state index in [2.05, 4.69) is 20.8 Å². The molecule has 5 aromatic rings. The molecular weight excluding hydrogens is 853 g/mol. The number of nitrogen functional groups attached to an aromatic ring is 2. The van der Waals surface area contributed by atoms with Crippen molar-refractivity contribution in [2.75, 3.05) is 37.9 Å². The Kier molecular flexibility index (Phi) is 25.2. The van der Waals surface area contributed by atoms with Gasteiger partial charge in [0.1, 0.15) is 17.2 Å². The van der Waals surface area contributed by atoms with Gasteiger partial charge in [0.15, 0.2) is 0 Å². The number of phosphoric ester groups is 2. The van der Waals surface area contributed by atoms with E-state index < -0.39 is 21.6 Å². The number of carbonyl (C=O) groups excluding carboxylic acids is 1. The summed E-state index contributed by atoms with van der Waals surface area (Å²) in [4.78, 5) is 11.9. The molecule has 63 heavy (non-hydrogen) atoms. The molecule has 16 heteroatoms. The summed E-state index contributed by atoms with van der Waals surface area (Å²) >= 11 is 0. The fraction of sp³-hybridized carbons (Fsp3) is 0.340. The number of nitrogens with two attached hydrogens (primary N) is 2. The molecule has 0 aromatic heterocycles. The molecule has 0 bridgehead atoms. The maximum atomic E-state index is 12.5. The van der Waals surface area contributed by atoms with E-state index in [0.29, 0.717) is 34.2 Å². The topological polar surface area (TPSA) is 191 Å². The summed E-state index contributed by atoms with van der Waals surface area (Å²) in [5.41, 5.74) is 17.4. The number of hydrogen-bond acceptors (Lipinski definition) is 13. The number of phosphoric acid groups is 2. The molecule has 13 nitrogen and oxygen atoms in total. The second kappa shape index (κ2) is 27.9. The predicted molar refractivity (Wildman–Crippen MR) is 246 cm³/mol. The second-order valence-electron chi connectivity index (χ2n) is 14.7. The number of rotatable bonds is 14. The van der Waals surface area contributed by atoms with Gasteiger partial charge in [-0.25, -0.2) is 13.9 Å². The van der Waals surface area contributed by atoms with E-state index >= 15 is 0 Å². The molecule has 4 N–H and O–H groups in total. The third-order valence-electron chi connectivity index (χ3n) is 7.91. The van der Waals surface area contributed by atoms with Crippen LogP contribution in [0.2, 0.25) is 0 Å². The van der Waals surface area contributed by atoms with Crippen molar-refractivity contribution in [3.8, 4) is 23.0 Å². The van der Waals surface area contributed by atoms with E-state index in [9.17, 15) is 19.0 Å². The third-order valence-corrected chi connectivity index (χ3v) is 11.1. The fourth-order valence-electron chi connectivity index (χ4n) is 5.31. The van der Waals surface area contributed by atoms with Crippen LogP contribution >= 0.6 is 15.6 Å². The van der Waals surface area contributed by atoms with Crippen LogP contribution in [0.5, 0.6) is 23.0 Å². The van der Waals surface area contributed by atoms with Gasteiger partial charge in [0.05, 0.1) is 32.0 Å². The SMILES string of the molecule is CCOP(=O)(OCC)Oc1cc(C)ccc1C(C)(C)C.CCOP(=O)(OCC)Oc1cccc(C)c1.Cc1cccc(OC(=O)c2cc(N)cc(N)c2)c1.Cc1cccc([O-])c1.[Na+]. The van der Waals surface area contributed by atoms with Crippen molar-refractivity contribution < 1.29 is 80.5 Å². The molecule has 0 amide bonds. The standard InChI is InChI=1S/C15H25O4P.C14H14N2O2.C11H17O4P.C7H8O.Na/c1-7-17-20(16,18-8-2)19-14-11-12(3)9-10-13(14)15(4,5)6;1-9-3-2-4-13(5-9)18-14(17)10-6-11(15)8-12(16)7-10;1-4-13-16(12,14-5-2)15-11-8-6-7-10(3)9-11;1-6-3-2-4-7(8)5-6;/h9-11H,7-8H2,1-6H3;2-8H,15-16H2,1H3;6-9H,4-5H2,1-3H3;2-5,8H,1H3;/q;;;;+1/p-1. The van der Waals surface area contributed by atoms with E-state index in [1.54, 1.807) is 76.2 Å². The first-order valence-electron chi connectivity index (χ1n) is 20.2. The van der Waals surface area contributed by atoms with Gasteiger partial charge in [-0.05, 0) is 126 Å². The zero-order valence-corrected chi connectivity index (χ0v) is 42.5. The van der Waals surface area contributed by atoms with Crippen LogP contribution in [0.25, 0.3) is 0 Å². The summed E-state index contributed by atoms with van der Waals surface area (Å²) in [6.45, 7) is 22.1. The number of esters is 1. The van der Waals surface area contributed by atoms with Crippen molar-refractivity contribution in [3.05, 3.63) is 143 Å².